The molecule has 0 bridgehead atoms. The molecular weight excluding hydrogens is 296 g/mol. The van der Waals surface area contributed by atoms with Gasteiger partial charge in [0.25, 0.3) is 0 Å². The zero-order valence-electron chi connectivity index (χ0n) is 13.6. The van der Waals surface area contributed by atoms with Gasteiger partial charge < -0.3 is 10.5 Å². The molecule has 0 unspecified atom stereocenters. The van der Waals surface area contributed by atoms with Crippen LogP contribution in [-0.4, -0.2) is 33.0 Å². The number of aromatic nitrogens is 3. The van der Waals surface area contributed by atoms with Gasteiger partial charge in [-0.2, -0.15) is 5.10 Å². The van der Waals surface area contributed by atoms with Crippen LogP contribution in [0.15, 0.2) is 35.4 Å². The molecule has 2 N–H and O–H groups in total. The first-order valence-electron chi connectivity index (χ1n) is 7.60. The fourth-order valence-electron chi connectivity index (χ4n) is 2.46. The number of aryl methyl sites for hydroxylation is 1. The molecule has 0 saturated carbocycles. The highest BCUT2D eigenvalue weighted by Crippen LogP contribution is 2.16. The molecule has 0 radical (unpaired) electrons. The zero-order chi connectivity index (χ0) is 17.0. The maximum atomic E-state index is 12.6. The predicted molar refractivity (Wildman–Crippen MR) is 86.5 cm³/mol. The highest BCUT2D eigenvalue weighted by atomic mass is 16.5. The Labute approximate surface area is 134 Å². The summed E-state index contributed by atoms with van der Waals surface area (Å²) in [5.74, 6) is -0.498. The van der Waals surface area contributed by atoms with Crippen molar-refractivity contribution >= 4 is 5.97 Å². The van der Waals surface area contributed by atoms with Crippen LogP contribution in [0.4, 0.5) is 0 Å². The molecule has 1 aromatic heterocycles. The van der Waals surface area contributed by atoms with E-state index < -0.39 is 12.1 Å². The molecule has 0 aliphatic heterocycles. The maximum absolute atomic E-state index is 12.6. The Balaban J connectivity index is 2.31. The molecule has 1 aromatic carbocycles. The van der Waals surface area contributed by atoms with Gasteiger partial charge >= 0.3 is 11.7 Å². The second kappa shape index (κ2) is 7.23. The minimum atomic E-state index is -0.498. The van der Waals surface area contributed by atoms with E-state index in [0.717, 1.165) is 11.3 Å². The Hall–Kier alpha value is -2.41. The molecule has 2 rings (SSSR count). The Kier molecular flexibility index (Phi) is 5.33. The number of carbonyl (C=O) groups is 1. The van der Waals surface area contributed by atoms with Gasteiger partial charge in [0.1, 0.15) is 12.4 Å². The van der Waals surface area contributed by atoms with Crippen LogP contribution in [-0.2, 0) is 9.53 Å². The van der Waals surface area contributed by atoms with Crippen molar-refractivity contribution < 1.29 is 9.53 Å². The smallest absolute Gasteiger partial charge is 0.350 e. The molecule has 23 heavy (non-hydrogen) atoms. The van der Waals surface area contributed by atoms with Crippen LogP contribution < -0.4 is 11.4 Å². The van der Waals surface area contributed by atoms with Crippen LogP contribution in [0.2, 0.25) is 0 Å². The van der Waals surface area contributed by atoms with E-state index in [4.69, 9.17) is 10.5 Å². The number of hydrogen-bond acceptors (Lipinski definition) is 5. The number of nitrogens with zero attached hydrogens (tertiary/aromatic N) is 3. The van der Waals surface area contributed by atoms with Crippen LogP contribution in [0.5, 0.6) is 0 Å². The van der Waals surface area contributed by atoms with Crippen molar-refractivity contribution in [2.75, 3.05) is 6.54 Å². The van der Waals surface area contributed by atoms with Crippen LogP contribution in [0, 0.1) is 6.92 Å². The van der Waals surface area contributed by atoms with E-state index in [1.54, 1.807) is 6.92 Å². The first-order valence-corrected chi connectivity index (χ1v) is 7.60. The van der Waals surface area contributed by atoms with Crippen LogP contribution in [0.3, 0.4) is 0 Å². The fraction of sp³-hybridized carbons (Fsp3) is 0.438. The van der Waals surface area contributed by atoms with Crippen molar-refractivity contribution in [3.05, 3.63) is 46.6 Å². The number of rotatable bonds is 6. The van der Waals surface area contributed by atoms with Crippen molar-refractivity contribution in [2.24, 2.45) is 5.73 Å². The summed E-state index contributed by atoms with van der Waals surface area (Å²) in [6.07, 6.45) is 1.59. The van der Waals surface area contributed by atoms with Gasteiger partial charge in [-0.1, -0.05) is 24.6 Å². The Morgan fingerprint density at radius 2 is 2.00 bits per heavy atom. The van der Waals surface area contributed by atoms with Gasteiger partial charge in [0.05, 0.1) is 18.3 Å². The van der Waals surface area contributed by atoms with Gasteiger partial charge in [0, 0.05) is 0 Å². The molecule has 124 valence electrons. The van der Waals surface area contributed by atoms with Crippen molar-refractivity contribution in [1.82, 2.24) is 14.3 Å². The molecule has 2 aromatic rings. The van der Waals surface area contributed by atoms with Gasteiger partial charge in [-0.3, -0.25) is 4.79 Å². The first kappa shape index (κ1) is 17.0. The number of ether oxygens (including phenoxy) is 1. The van der Waals surface area contributed by atoms with Gasteiger partial charge in [0.2, 0.25) is 0 Å². The zero-order valence-corrected chi connectivity index (χ0v) is 13.6. The Bertz CT molecular complexity index is 718. The van der Waals surface area contributed by atoms with Crippen molar-refractivity contribution in [3.8, 4) is 5.69 Å². The molecule has 0 spiro atoms. The number of carbonyl (C=O) groups excluding carboxylic acids is 1. The molecule has 0 amide bonds. The molecule has 2 atom stereocenters. The van der Waals surface area contributed by atoms with Crippen molar-refractivity contribution in [3.63, 3.8) is 0 Å². The van der Waals surface area contributed by atoms with E-state index in [9.17, 15) is 9.59 Å². The van der Waals surface area contributed by atoms with E-state index in [1.807, 2.05) is 38.1 Å². The molecule has 7 heteroatoms. The summed E-state index contributed by atoms with van der Waals surface area (Å²) in [5, 5.41) is 4.18. The summed E-state index contributed by atoms with van der Waals surface area (Å²) >= 11 is 0. The molecule has 1 heterocycles. The summed E-state index contributed by atoms with van der Waals surface area (Å²) in [6, 6.07) is 7.25. The average molecular weight is 318 g/mol. The highest BCUT2D eigenvalue weighted by molar-refractivity contribution is 5.71. The van der Waals surface area contributed by atoms with Gasteiger partial charge in [-0.25, -0.2) is 14.0 Å². The van der Waals surface area contributed by atoms with Gasteiger partial charge in [-0.15, -0.1) is 0 Å². The monoisotopic (exact) mass is 318 g/mol. The summed E-state index contributed by atoms with van der Waals surface area (Å²) in [4.78, 5) is 24.0. The summed E-state index contributed by atoms with van der Waals surface area (Å²) in [7, 11) is 0. The lowest BCUT2D eigenvalue weighted by atomic mass is 10.1. The standard InChI is InChI=1S/C16H22N4O3/c1-4-14(12(3)23-15(21)9-17)20-16(22)19(10-18-20)13-7-5-11(2)6-8-13/h5-8,10,12,14H,4,9,17H2,1-3H3/t12-,14-/m0/s1. The van der Waals surface area contributed by atoms with E-state index >= 15 is 0 Å². The molecule has 0 aliphatic rings. The third-order valence-electron chi connectivity index (χ3n) is 3.76. The summed E-state index contributed by atoms with van der Waals surface area (Å²) in [6.45, 7) is 5.44. The van der Waals surface area contributed by atoms with E-state index in [0.29, 0.717) is 6.42 Å². The second-order valence-electron chi connectivity index (χ2n) is 5.44. The number of hydrogen-bond donors (Lipinski definition) is 1. The second-order valence-corrected chi connectivity index (χ2v) is 5.44. The Morgan fingerprint density at radius 3 is 2.57 bits per heavy atom. The third kappa shape index (κ3) is 3.68. The topological polar surface area (TPSA) is 92.1 Å². The van der Waals surface area contributed by atoms with Crippen LogP contribution in [0.1, 0.15) is 31.9 Å². The minimum absolute atomic E-state index is 0.187. The molecule has 7 nitrogen and oxygen atoms in total. The van der Waals surface area contributed by atoms with Gasteiger partial charge in [0.15, 0.2) is 0 Å². The highest BCUT2D eigenvalue weighted by Gasteiger charge is 2.24. The van der Waals surface area contributed by atoms with E-state index in [2.05, 4.69) is 5.10 Å². The maximum Gasteiger partial charge on any atom is 0.350 e. The van der Waals surface area contributed by atoms with Crippen LogP contribution >= 0.6 is 0 Å². The van der Waals surface area contributed by atoms with E-state index in [1.165, 1.54) is 15.6 Å². The molecule has 0 fully saturated rings. The van der Waals surface area contributed by atoms with Crippen LogP contribution in [0.25, 0.3) is 5.69 Å². The lowest BCUT2D eigenvalue weighted by molar-refractivity contribution is -0.148. The molecular formula is C16H22N4O3. The quantitative estimate of drug-likeness (QED) is 0.808. The molecule has 0 saturated heterocycles. The normalized spacial score (nSPS) is 13.6. The predicted octanol–water partition coefficient (Wildman–Crippen LogP) is 1.18. The number of nitrogens with two attached hydrogens (primary N) is 1. The Morgan fingerprint density at radius 1 is 1.35 bits per heavy atom. The van der Waals surface area contributed by atoms with Crippen molar-refractivity contribution in [2.45, 2.75) is 39.3 Å². The number of esters is 1. The molecule has 0 aliphatic carbocycles. The summed E-state index contributed by atoms with van der Waals surface area (Å²) in [5.41, 5.74) is 6.85. The third-order valence-corrected chi connectivity index (χ3v) is 3.76. The minimum Gasteiger partial charge on any atom is -0.459 e. The largest absolute Gasteiger partial charge is 0.459 e. The lowest BCUT2D eigenvalue weighted by Gasteiger charge is -2.22. The van der Waals surface area contributed by atoms with E-state index in [-0.39, 0.29) is 18.3 Å². The number of benzene rings is 1. The summed E-state index contributed by atoms with van der Waals surface area (Å²) < 4.78 is 8.05. The van der Waals surface area contributed by atoms with Gasteiger partial charge in [-0.05, 0) is 32.4 Å². The fourth-order valence-corrected chi connectivity index (χ4v) is 2.46. The average Bonchev–Trinajstić information content (AvgIpc) is 2.90. The van der Waals surface area contributed by atoms with Crippen molar-refractivity contribution in [1.29, 1.82) is 0 Å². The first-order chi connectivity index (χ1) is 11.0. The lowest BCUT2D eigenvalue weighted by Crippen LogP contribution is -2.35. The SMILES string of the molecule is CC[C@@H]([C@H](C)OC(=O)CN)n1ncn(-c2ccc(C)cc2)c1=O.